The van der Waals surface area contributed by atoms with Crippen molar-refractivity contribution >= 4 is 5.91 Å². The van der Waals surface area contributed by atoms with Crippen LogP contribution < -0.4 is 5.32 Å². The van der Waals surface area contributed by atoms with E-state index in [0.29, 0.717) is 12.5 Å². The molecule has 1 atom stereocenters. The standard InChI is InChI=1S/C12H22N4O2/c1-5-6-10-14-11(16-15-10)12(17)13-9(7-18-4)8(2)3/h8-9H,5-7H2,1-4H3,(H,13,17)(H,14,15,16). The summed E-state index contributed by atoms with van der Waals surface area (Å²) in [4.78, 5) is 16.1. The van der Waals surface area contributed by atoms with Gasteiger partial charge in [0.2, 0.25) is 5.82 Å². The summed E-state index contributed by atoms with van der Waals surface area (Å²) in [5.74, 6) is 0.975. The second kappa shape index (κ2) is 7.10. The van der Waals surface area contributed by atoms with Crippen molar-refractivity contribution in [3.05, 3.63) is 11.6 Å². The lowest BCUT2D eigenvalue weighted by atomic mass is 10.1. The van der Waals surface area contributed by atoms with Gasteiger partial charge in [-0.25, -0.2) is 4.98 Å². The third-order valence-electron chi connectivity index (χ3n) is 2.69. The third kappa shape index (κ3) is 4.10. The van der Waals surface area contributed by atoms with E-state index in [2.05, 4.69) is 27.4 Å². The maximum atomic E-state index is 11.9. The Kier molecular flexibility index (Phi) is 5.77. The molecule has 0 aliphatic carbocycles. The summed E-state index contributed by atoms with van der Waals surface area (Å²) in [5, 5.41) is 9.57. The van der Waals surface area contributed by atoms with E-state index in [1.807, 2.05) is 13.8 Å². The van der Waals surface area contributed by atoms with E-state index in [-0.39, 0.29) is 17.8 Å². The number of aromatic nitrogens is 3. The largest absolute Gasteiger partial charge is 0.383 e. The van der Waals surface area contributed by atoms with Crippen LogP contribution in [0.3, 0.4) is 0 Å². The summed E-state index contributed by atoms with van der Waals surface area (Å²) < 4.78 is 5.08. The number of aromatic amines is 1. The molecule has 0 fully saturated rings. The Balaban J connectivity index is 2.62. The quantitative estimate of drug-likeness (QED) is 0.765. The van der Waals surface area contributed by atoms with Gasteiger partial charge in [-0.15, -0.1) is 5.10 Å². The summed E-state index contributed by atoms with van der Waals surface area (Å²) in [6.07, 6.45) is 1.76. The fraction of sp³-hybridized carbons (Fsp3) is 0.750. The summed E-state index contributed by atoms with van der Waals surface area (Å²) in [6.45, 7) is 6.60. The molecule has 1 amide bonds. The van der Waals surface area contributed by atoms with Gasteiger partial charge in [0.15, 0.2) is 0 Å². The van der Waals surface area contributed by atoms with Gasteiger partial charge in [0, 0.05) is 13.5 Å². The highest BCUT2D eigenvalue weighted by Crippen LogP contribution is 2.03. The zero-order valence-electron chi connectivity index (χ0n) is 11.5. The zero-order chi connectivity index (χ0) is 13.5. The molecule has 0 bridgehead atoms. The van der Waals surface area contributed by atoms with Crippen LogP contribution >= 0.6 is 0 Å². The minimum atomic E-state index is -0.260. The van der Waals surface area contributed by atoms with Crippen molar-refractivity contribution < 1.29 is 9.53 Å². The Morgan fingerprint density at radius 1 is 1.50 bits per heavy atom. The van der Waals surface area contributed by atoms with Gasteiger partial charge >= 0.3 is 0 Å². The molecule has 0 spiro atoms. The molecule has 1 unspecified atom stereocenters. The molecule has 0 saturated carbocycles. The molecular formula is C12H22N4O2. The number of H-pyrrole nitrogens is 1. The molecule has 2 N–H and O–H groups in total. The Bertz CT molecular complexity index is 376. The van der Waals surface area contributed by atoms with Crippen molar-refractivity contribution in [3.63, 3.8) is 0 Å². The number of hydrogen-bond donors (Lipinski definition) is 2. The number of methoxy groups -OCH3 is 1. The fourth-order valence-electron chi connectivity index (χ4n) is 1.56. The SMILES string of the molecule is CCCc1nc(C(=O)NC(COC)C(C)C)n[nH]1. The number of nitrogens with one attached hydrogen (secondary N) is 2. The van der Waals surface area contributed by atoms with E-state index < -0.39 is 0 Å². The van der Waals surface area contributed by atoms with E-state index in [1.165, 1.54) is 0 Å². The molecule has 6 nitrogen and oxygen atoms in total. The molecule has 1 heterocycles. The average molecular weight is 254 g/mol. The van der Waals surface area contributed by atoms with Gasteiger partial charge in [-0.2, -0.15) is 0 Å². The first-order valence-electron chi connectivity index (χ1n) is 6.29. The van der Waals surface area contributed by atoms with Crippen molar-refractivity contribution in [1.29, 1.82) is 0 Å². The average Bonchev–Trinajstić information content (AvgIpc) is 2.77. The Hall–Kier alpha value is -1.43. The maximum Gasteiger partial charge on any atom is 0.291 e. The highest BCUT2D eigenvalue weighted by atomic mass is 16.5. The first-order chi connectivity index (χ1) is 8.58. The predicted molar refractivity (Wildman–Crippen MR) is 68.3 cm³/mol. The minimum absolute atomic E-state index is 0.0318. The van der Waals surface area contributed by atoms with E-state index in [1.54, 1.807) is 7.11 Å². The van der Waals surface area contributed by atoms with Crippen LogP contribution in [0.2, 0.25) is 0 Å². The molecule has 1 aromatic rings. The van der Waals surface area contributed by atoms with Crippen LogP contribution in [0.4, 0.5) is 0 Å². The Morgan fingerprint density at radius 2 is 2.22 bits per heavy atom. The van der Waals surface area contributed by atoms with Crippen molar-refractivity contribution in [2.45, 2.75) is 39.7 Å². The van der Waals surface area contributed by atoms with Crippen LogP contribution in [0.15, 0.2) is 0 Å². The van der Waals surface area contributed by atoms with Crippen molar-refractivity contribution in [1.82, 2.24) is 20.5 Å². The summed E-state index contributed by atoms with van der Waals surface area (Å²) in [7, 11) is 1.62. The zero-order valence-corrected chi connectivity index (χ0v) is 11.5. The van der Waals surface area contributed by atoms with Gasteiger partial charge in [-0.05, 0) is 12.3 Å². The molecule has 0 aliphatic heterocycles. The van der Waals surface area contributed by atoms with E-state index in [4.69, 9.17) is 4.74 Å². The van der Waals surface area contributed by atoms with Crippen molar-refractivity contribution in [2.24, 2.45) is 5.92 Å². The van der Waals surface area contributed by atoms with Crippen LogP contribution in [-0.4, -0.2) is 40.8 Å². The summed E-state index contributed by atoms with van der Waals surface area (Å²) in [6, 6.07) is -0.0318. The van der Waals surface area contributed by atoms with Crippen LogP contribution in [0, 0.1) is 5.92 Å². The Morgan fingerprint density at radius 3 is 2.78 bits per heavy atom. The number of aryl methyl sites for hydroxylation is 1. The molecule has 1 aromatic heterocycles. The highest BCUT2D eigenvalue weighted by molar-refractivity contribution is 5.90. The number of hydrogen-bond acceptors (Lipinski definition) is 4. The third-order valence-corrected chi connectivity index (χ3v) is 2.69. The molecule has 0 radical (unpaired) electrons. The first kappa shape index (κ1) is 14.6. The molecule has 102 valence electrons. The van der Waals surface area contributed by atoms with Gasteiger partial charge in [-0.1, -0.05) is 20.8 Å². The van der Waals surface area contributed by atoms with Crippen LogP contribution in [0.1, 0.15) is 43.6 Å². The second-order valence-electron chi connectivity index (χ2n) is 4.64. The second-order valence-corrected chi connectivity index (χ2v) is 4.64. The lowest BCUT2D eigenvalue weighted by Crippen LogP contribution is -2.42. The maximum absolute atomic E-state index is 11.9. The fourth-order valence-corrected chi connectivity index (χ4v) is 1.56. The number of amides is 1. The highest BCUT2D eigenvalue weighted by Gasteiger charge is 2.19. The predicted octanol–water partition coefficient (Wildman–Crippen LogP) is 1.16. The van der Waals surface area contributed by atoms with Crippen LogP contribution in [0.25, 0.3) is 0 Å². The lowest BCUT2D eigenvalue weighted by molar-refractivity contribution is 0.0857. The van der Waals surface area contributed by atoms with Gasteiger partial charge < -0.3 is 10.1 Å². The van der Waals surface area contributed by atoms with Crippen LogP contribution in [0.5, 0.6) is 0 Å². The normalized spacial score (nSPS) is 12.7. The molecular weight excluding hydrogens is 232 g/mol. The van der Waals surface area contributed by atoms with Crippen molar-refractivity contribution in [2.75, 3.05) is 13.7 Å². The summed E-state index contributed by atoms with van der Waals surface area (Å²) >= 11 is 0. The summed E-state index contributed by atoms with van der Waals surface area (Å²) in [5.41, 5.74) is 0. The number of ether oxygens (including phenoxy) is 1. The van der Waals surface area contributed by atoms with Gasteiger partial charge in [0.1, 0.15) is 5.82 Å². The van der Waals surface area contributed by atoms with E-state index in [9.17, 15) is 4.79 Å². The monoisotopic (exact) mass is 254 g/mol. The lowest BCUT2D eigenvalue weighted by Gasteiger charge is -2.20. The number of rotatable bonds is 7. The molecule has 18 heavy (non-hydrogen) atoms. The van der Waals surface area contributed by atoms with Crippen molar-refractivity contribution in [3.8, 4) is 0 Å². The number of nitrogens with zero attached hydrogens (tertiary/aromatic N) is 2. The van der Waals surface area contributed by atoms with Gasteiger partial charge in [-0.3, -0.25) is 9.89 Å². The number of carbonyl (C=O) groups is 1. The molecule has 1 rings (SSSR count). The topological polar surface area (TPSA) is 79.9 Å². The van der Waals surface area contributed by atoms with Gasteiger partial charge in [0.05, 0.1) is 12.6 Å². The first-order valence-corrected chi connectivity index (χ1v) is 6.29. The van der Waals surface area contributed by atoms with Crippen LogP contribution in [-0.2, 0) is 11.2 Å². The van der Waals surface area contributed by atoms with E-state index in [0.717, 1.165) is 18.7 Å². The minimum Gasteiger partial charge on any atom is -0.383 e. The molecule has 0 aliphatic rings. The molecule has 0 aromatic carbocycles. The Labute approximate surface area is 108 Å². The molecule has 6 heteroatoms. The smallest absolute Gasteiger partial charge is 0.291 e. The number of carbonyl (C=O) groups excluding carboxylic acids is 1. The molecule has 0 saturated heterocycles. The van der Waals surface area contributed by atoms with Gasteiger partial charge in [0.25, 0.3) is 5.91 Å². The van der Waals surface area contributed by atoms with E-state index >= 15 is 0 Å².